The van der Waals surface area contributed by atoms with Crippen LogP contribution in [0.3, 0.4) is 0 Å². The zero-order valence-electron chi connectivity index (χ0n) is 3.30. The third-order valence-electron chi connectivity index (χ3n) is 0.347. The molecule has 3 heteroatoms. The molecule has 2 nitrogen and oxygen atoms in total. The van der Waals surface area contributed by atoms with Gasteiger partial charge in [-0.1, -0.05) is 9.63 Å². The molecule has 1 heterocycles. The van der Waals surface area contributed by atoms with Gasteiger partial charge >= 0.3 is 0 Å². The minimum Gasteiger partial charge on any atom is -0.0931 e. The van der Waals surface area contributed by atoms with E-state index in [1.807, 2.05) is 0 Å². The van der Waals surface area contributed by atoms with Crippen molar-refractivity contribution in [3.63, 3.8) is 0 Å². The van der Waals surface area contributed by atoms with Crippen LogP contribution in [0, 0.1) is 23.1 Å². The molecule has 0 saturated heterocycles. The van der Waals surface area contributed by atoms with Crippen LogP contribution in [0.5, 0.6) is 0 Å². The van der Waals surface area contributed by atoms with Gasteiger partial charge in [0.2, 0.25) is 0 Å². The first-order chi connectivity index (χ1) is 3.50. The van der Waals surface area contributed by atoms with E-state index in [1.165, 1.54) is 0 Å². The van der Waals surface area contributed by atoms with E-state index in [-0.39, 0.29) is 0 Å². The Hall–Kier alpha value is -0.930. The highest BCUT2D eigenvalue weighted by Gasteiger charge is 1.71. The van der Waals surface area contributed by atoms with Gasteiger partial charge in [-0.05, 0) is 0 Å². The molecule has 0 amide bonds. The summed E-state index contributed by atoms with van der Waals surface area (Å²) in [4.78, 5) is 0. The van der Waals surface area contributed by atoms with E-state index in [9.17, 15) is 0 Å². The quantitative estimate of drug-likeness (QED) is 0.336. The van der Waals surface area contributed by atoms with E-state index >= 15 is 0 Å². The first-order valence-electron chi connectivity index (χ1n) is 1.56. The molecule has 0 radical (unpaired) electrons. The maximum atomic E-state index is 3.47. The van der Waals surface area contributed by atoms with Crippen molar-refractivity contribution in [3.05, 3.63) is 0 Å². The molecule has 0 aliphatic carbocycles. The van der Waals surface area contributed by atoms with Gasteiger partial charge in [-0.25, -0.2) is 0 Å². The molecule has 0 spiro atoms. The van der Waals surface area contributed by atoms with Crippen molar-refractivity contribution in [2.24, 2.45) is 9.63 Å². The predicted octanol–water partition coefficient (Wildman–Crippen LogP) is 1.02. The Labute approximate surface area is 45.5 Å². The summed E-state index contributed by atoms with van der Waals surface area (Å²) in [6.45, 7) is 0. The fourth-order valence-corrected chi connectivity index (χ4v) is 0.382. The monoisotopic (exact) mass is 108 g/mol. The molecule has 0 bridgehead atoms. The Morgan fingerprint density at radius 1 is 1.29 bits per heavy atom. The second-order valence-corrected chi connectivity index (χ2v) is 1.29. The summed E-state index contributed by atoms with van der Waals surface area (Å²) in [7, 11) is 0. The topological polar surface area (TPSA) is 24.7 Å². The molecule has 1 aliphatic rings. The van der Waals surface area contributed by atoms with Crippen LogP contribution in [0.25, 0.3) is 0 Å². The molecule has 32 valence electrons. The maximum absolute atomic E-state index is 3.47. The van der Waals surface area contributed by atoms with Crippen LogP contribution in [0.1, 0.15) is 0 Å². The van der Waals surface area contributed by atoms with Crippen molar-refractivity contribution in [2.75, 3.05) is 0 Å². The van der Waals surface area contributed by atoms with Crippen molar-refractivity contribution < 1.29 is 0 Å². The molecule has 0 N–H and O–H groups in total. The fourth-order valence-electron chi connectivity index (χ4n) is 0.163. The highest BCUT2D eigenvalue weighted by Crippen LogP contribution is 1.98. The van der Waals surface area contributed by atoms with Crippen LogP contribution in [0.4, 0.5) is 0 Å². The third-order valence-corrected chi connectivity index (χ3v) is 0.703. The molecular formula is C4N2S. The first kappa shape index (κ1) is 4.23. The second kappa shape index (κ2) is 2.28. The summed E-state index contributed by atoms with van der Waals surface area (Å²) in [5, 5.41) is 5.95. The molecule has 0 atom stereocenters. The van der Waals surface area contributed by atoms with E-state index in [0.717, 1.165) is 11.9 Å². The van der Waals surface area contributed by atoms with E-state index in [2.05, 4.69) is 32.8 Å². The molecule has 0 aromatic rings. The van der Waals surface area contributed by atoms with Crippen molar-refractivity contribution in [3.8, 4) is 23.1 Å². The van der Waals surface area contributed by atoms with Gasteiger partial charge < -0.3 is 0 Å². The molecule has 1 aliphatic heterocycles. The summed E-state index contributed by atoms with van der Waals surface area (Å²) >= 11 is 1.09. The first-order valence-corrected chi connectivity index (χ1v) is 2.33. The Morgan fingerprint density at radius 3 is 3.29 bits per heavy atom. The second-order valence-electron chi connectivity index (χ2n) is 0.737. The van der Waals surface area contributed by atoms with Crippen molar-refractivity contribution in [1.29, 1.82) is 0 Å². The highest BCUT2D eigenvalue weighted by atomic mass is 32.2. The molecular weight excluding hydrogens is 108 g/mol. The van der Waals surface area contributed by atoms with Gasteiger partial charge in [-0.15, -0.1) is 0 Å². The summed E-state index contributed by atoms with van der Waals surface area (Å²) < 4.78 is 3.47. The average molecular weight is 108 g/mol. The SMILES string of the molecule is C1#CN=NSC#C1. The number of hydrogen-bond acceptors (Lipinski definition) is 3. The molecule has 1 rings (SSSR count). The van der Waals surface area contributed by atoms with Gasteiger partial charge in [0.15, 0.2) is 0 Å². The summed E-state index contributed by atoms with van der Waals surface area (Å²) in [6.07, 6.45) is 0. The average Bonchev–Trinajstić information content (AvgIpc) is 1.90. The lowest BCUT2D eigenvalue weighted by Crippen LogP contribution is -1.40. The lowest BCUT2D eigenvalue weighted by Gasteiger charge is -1.62. The fraction of sp³-hybridized carbons (Fsp3) is 0. The maximum Gasteiger partial charge on any atom is 0.0884 e. The Kier molecular flexibility index (Phi) is 1.38. The summed E-state index contributed by atoms with van der Waals surface area (Å²) in [5.74, 6) is 4.97. The van der Waals surface area contributed by atoms with E-state index in [0.29, 0.717) is 0 Å². The van der Waals surface area contributed by atoms with Crippen LogP contribution in [-0.2, 0) is 0 Å². The highest BCUT2D eigenvalue weighted by molar-refractivity contribution is 8.02. The molecule has 0 saturated carbocycles. The number of nitrogens with zero attached hydrogens (tertiary/aromatic N) is 2. The van der Waals surface area contributed by atoms with Gasteiger partial charge in [-0.3, -0.25) is 0 Å². The third kappa shape index (κ3) is 1.30. The minimum absolute atomic E-state index is 1.09. The van der Waals surface area contributed by atoms with Crippen molar-refractivity contribution in [2.45, 2.75) is 0 Å². The van der Waals surface area contributed by atoms with Crippen LogP contribution in [-0.4, -0.2) is 0 Å². The molecule has 0 aromatic carbocycles. The van der Waals surface area contributed by atoms with Gasteiger partial charge in [0.1, 0.15) is 0 Å². The smallest absolute Gasteiger partial charge is 0.0884 e. The molecule has 7 heavy (non-hydrogen) atoms. The minimum atomic E-state index is 1.09. The van der Waals surface area contributed by atoms with Crippen LogP contribution in [0.2, 0.25) is 0 Å². The van der Waals surface area contributed by atoms with E-state index in [1.54, 1.807) is 0 Å². The van der Waals surface area contributed by atoms with Crippen LogP contribution in [0.15, 0.2) is 9.63 Å². The van der Waals surface area contributed by atoms with Gasteiger partial charge in [-0.2, -0.15) is 0 Å². The standard InChI is InChI=1S/C4N2S/c1-2-4-7-6-5-3-1. The number of rotatable bonds is 0. The van der Waals surface area contributed by atoms with Gasteiger partial charge in [0.25, 0.3) is 0 Å². The largest absolute Gasteiger partial charge is 0.0931 e. The van der Waals surface area contributed by atoms with E-state index < -0.39 is 0 Å². The Balaban J connectivity index is 2.77. The normalized spacial score (nSPS) is 12.6. The summed E-state index contributed by atoms with van der Waals surface area (Å²) in [6, 6.07) is 2.36. The number of hydrogen-bond donors (Lipinski definition) is 0. The zero-order chi connectivity index (χ0) is 4.95. The lowest BCUT2D eigenvalue weighted by molar-refractivity contribution is 1.41. The lowest BCUT2D eigenvalue weighted by atomic mass is 10.7. The predicted molar refractivity (Wildman–Crippen MR) is 28.0 cm³/mol. The van der Waals surface area contributed by atoms with Crippen LogP contribution < -0.4 is 0 Å². The van der Waals surface area contributed by atoms with Gasteiger partial charge in [0.05, 0.1) is 18.0 Å². The van der Waals surface area contributed by atoms with Gasteiger partial charge in [0, 0.05) is 17.1 Å². The van der Waals surface area contributed by atoms with E-state index in [4.69, 9.17) is 0 Å². The Morgan fingerprint density at radius 2 is 2.29 bits per heavy atom. The van der Waals surface area contributed by atoms with Crippen molar-refractivity contribution >= 4 is 11.9 Å². The molecule has 0 aromatic heterocycles. The zero-order valence-corrected chi connectivity index (χ0v) is 4.12. The Bertz CT molecular complexity index is 197. The molecule has 0 unspecified atom stereocenters. The van der Waals surface area contributed by atoms with Crippen LogP contribution >= 0.6 is 11.9 Å². The summed E-state index contributed by atoms with van der Waals surface area (Å²) in [5.41, 5.74) is 0. The van der Waals surface area contributed by atoms with Crippen molar-refractivity contribution in [1.82, 2.24) is 0 Å². The molecule has 0 fully saturated rings.